The summed E-state index contributed by atoms with van der Waals surface area (Å²) < 4.78 is 5.24. The van der Waals surface area contributed by atoms with Gasteiger partial charge in [0.05, 0.1) is 0 Å². The topological polar surface area (TPSA) is 62.5 Å². The number of nitrogens with zero attached hydrogens (tertiary/aromatic N) is 4. The lowest BCUT2D eigenvalue weighted by molar-refractivity contribution is -0.133. The van der Waals surface area contributed by atoms with Crippen molar-refractivity contribution in [3.8, 4) is 11.4 Å². The second-order valence-electron chi connectivity index (χ2n) is 6.03. The highest BCUT2D eigenvalue weighted by Gasteiger charge is 2.22. The lowest BCUT2D eigenvalue weighted by Gasteiger charge is -2.36. The van der Waals surface area contributed by atoms with Gasteiger partial charge in [0.2, 0.25) is 17.6 Å². The highest BCUT2D eigenvalue weighted by atomic mass is 32.1. The number of thiophene rings is 1. The van der Waals surface area contributed by atoms with Gasteiger partial charge in [-0.1, -0.05) is 5.16 Å². The molecular weight excluding hydrogens is 312 g/mol. The minimum absolute atomic E-state index is 0.170. The van der Waals surface area contributed by atoms with Gasteiger partial charge in [0.1, 0.15) is 0 Å². The van der Waals surface area contributed by atoms with E-state index in [1.165, 1.54) is 0 Å². The average molecular weight is 334 g/mol. The van der Waals surface area contributed by atoms with Crippen LogP contribution in [-0.4, -0.2) is 58.1 Å². The van der Waals surface area contributed by atoms with Crippen LogP contribution in [0.4, 0.5) is 0 Å². The molecule has 0 spiro atoms. The minimum Gasteiger partial charge on any atom is -0.340 e. The standard InChI is InChI=1S/C16H22N4O2S/c1-12(2)19-6-8-20(9-7-19)15(21)4-3-14-17-16(18-22-14)13-5-10-23-11-13/h5,10-12H,3-4,6-9H2,1-2H3. The van der Waals surface area contributed by atoms with E-state index in [1.54, 1.807) is 11.3 Å². The molecule has 3 rings (SSSR count). The second kappa shape index (κ2) is 7.23. The van der Waals surface area contributed by atoms with Crippen LogP contribution in [0.2, 0.25) is 0 Å². The Morgan fingerprint density at radius 3 is 2.78 bits per heavy atom. The molecule has 0 aromatic carbocycles. The number of piperazine rings is 1. The number of amides is 1. The number of aromatic nitrogens is 2. The molecule has 3 heterocycles. The lowest BCUT2D eigenvalue weighted by Crippen LogP contribution is -2.50. The fourth-order valence-electron chi connectivity index (χ4n) is 2.73. The van der Waals surface area contributed by atoms with Crippen LogP contribution in [-0.2, 0) is 11.2 Å². The largest absolute Gasteiger partial charge is 0.340 e. The van der Waals surface area contributed by atoms with Crippen molar-refractivity contribution in [2.45, 2.75) is 32.7 Å². The van der Waals surface area contributed by atoms with Crippen molar-refractivity contribution >= 4 is 17.2 Å². The summed E-state index contributed by atoms with van der Waals surface area (Å²) in [4.78, 5) is 21.0. The second-order valence-corrected chi connectivity index (χ2v) is 6.81. The third-order valence-corrected chi connectivity index (χ3v) is 4.88. The third kappa shape index (κ3) is 3.97. The van der Waals surface area contributed by atoms with E-state index >= 15 is 0 Å². The van der Waals surface area contributed by atoms with E-state index in [1.807, 2.05) is 21.7 Å². The maximum Gasteiger partial charge on any atom is 0.227 e. The van der Waals surface area contributed by atoms with Crippen molar-refractivity contribution in [1.82, 2.24) is 19.9 Å². The van der Waals surface area contributed by atoms with Gasteiger partial charge >= 0.3 is 0 Å². The third-order valence-electron chi connectivity index (χ3n) is 4.20. The molecule has 0 N–H and O–H groups in total. The molecule has 1 amide bonds. The van der Waals surface area contributed by atoms with E-state index in [9.17, 15) is 4.79 Å². The number of carbonyl (C=O) groups excluding carboxylic acids is 1. The first-order valence-corrected chi connectivity index (χ1v) is 8.95. The van der Waals surface area contributed by atoms with E-state index in [2.05, 4.69) is 28.9 Å². The Hall–Kier alpha value is -1.73. The summed E-state index contributed by atoms with van der Waals surface area (Å²) in [5.74, 6) is 1.29. The normalized spacial score (nSPS) is 16.2. The summed E-state index contributed by atoms with van der Waals surface area (Å²) in [5.41, 5.74) is 0.959. The lowest BCUT2D eigenvalue weighted by atomic mass is 10.2. The summed E-state index contributed by atoms with van der Waals surface area (Å²) in [7, 11) is 0. The molecule has 1 aliphatic rings. The maximum absolute atomic E-state index is 12.3. The van der Waals surface area contributed by atoms with Crippen molar-refractivity contribution in [1.29, 1.82) is 0 Å². The Morgan fingerprint density at radius 2 is 2.13 bits per heavy atom. The highest BCUT2D eigenvalue weighted by Crippen LogP contribution is 2.19. The van der Waals surface area contributed by atoms with Gasteiger partial charge in [-0.2, -0.15) is 16.3 Å². The Labute approximate surface area is 140 Å². The smallest absolute Gasteiger partial charge is 0.227 e. The molecule has 2 aromatic rings. The number of hydrogen-bond acceptors (Lipinski definition) is 6. The summed E-state index contributed by atoms with van der Waals surface area (Å²) in [6.07, 6.45) is 0.924. The average Bonchev–Trinajstić information content (AvgIpc) is 3.23. The van der Waals surface area contributed by atoms with Crippen molar-refractivity contribution in [3.05, 3.63) is 22.7 Å². The van der Waals surface area contributed by atoms with Crippen LogP contribution < -0.4 is 0 Å². The molecule has 0 bridgehead atoms. The van der Waals surface area contributed by atoms with Gasteiger partial charge in [0.15, 0.2) is 0 Å². The number of hydrogen-bond donors (Lipinski definition) is 0. The van der Waals surface area contributed by atoms with Gasteiger partial charge in [-0.05, 0) is 25.3 Å². The quantitative estimate of drug-likeness (QED) is 0.839. The van der Waals surface area contributed by atoms with Crippen molar-refractivity contribution < 1.29 is 9.32 Å². The van der Waals surface area contributed by atoms with Gasteiger partial charge in [-0.15, -0.1) is 0 Å². The first kappa shape index (κ1) is 16.1. The zero-order chi connectivity index (χ0) is 16.2. The minimum atomic E-state index is 0.170. The highest BCUT2D eigenvalue weighted by molar-refractivity contribution is 7.08. The Morgan fingerprint density at radius 1 is 1.35 bits per heavy atom. The van der Waals surface area contributed by atoms with E-state index in [0.29, 0.717) is 30.6 Å². The fourth-order valence-corrected chi connectivity index (χ4v) is 3.36. The number of aryl methyl sites for hydroxylation is 1. The first-order valence-electron chi connectivity index (χ1n) is 8.00. The SMILES string of the molecule is CC(C)N1CCN(C(=O)CCc2nc(-c3ccsc3)no2)CC1. The predicted octanol–water partition coefficient (Wildman–Crippen LogP) is 2.28. The summed E-state index contributed by atoms with van der Waals surface area (Å²) in [6, 6.07) is 2.50. The van der Waals surface area contributed by atoms with Crippen LogP contribution in [0.1, 0.15) is 26.2 Å². The first-order chi connectivity index (χ1) is 11.1. The van der Waals surface area contributed by atoms with Gasteiger partial charge in [0.25, 0.3) is 0 Å². The van der Waals surface area contributed by atoms with Crippen molar-refractivity contribution in [2.24, 2.45) is 0 Å². The molecule has 0 radical (unpaired) electrons. The van der Waals surface area contributed by atoms with Crippen LogP contribution in [0.3, 0.4) is 0 Å². The van der Waals surface area contributed by atoms with Crippen LogP contribution in [0.15, 0.2) is 21.3 Å². The van der Waals surface area contributed by atoms with E-state index in [4.69, 9.17) is 4.52 Å². The molecule has 0 aliphatic carbocycles. The monoisotopic (exact) mass is 334 g/mol. The summed E-state index contributed by atoms with van der Waals surface area (Å²) in [5, 5.41) is 7.93. The summed E-state index contributed by atoms with van der Waals surface area (Å²) >= 11 is 1.60. The van der Waals surface area contributed by atoms with Gasteiger partial charge in [0, 0.05) is 56.0 Å². The van der Waals surface area contributed by atoms with Crippen LogP contribution in [0.5, 0.6) is 0 Å². The molecule has 0 atom stereocenters. The molecule has 2 aromatic heterocycles. The van der Waals surface area contributed by atoms with Crippen molar-refractivity contribution in [3.63, 3.8) is 0 Å². The maximum atomic E-state index is 12.3. The molecule has 7 heteroatoms. The number of rotatable bonds is 5. The molecule has 0 saturated carbocycles. The molecule has 6 nitrogen and oxygen atoms in total. The number of carbonyl (C=O) groups is 1. The Kier molecular flexibility index (Phi) is 5.07. The van der Waals surface area contributed by atoms with Gasteiger partial charge in [-0.25, -0.2) is 0 Å². The Balaban J connectivity index is 1.48. The molecule has 1 aliphatic heterocycles. The molecule has 1 saturated heterocycles. The molecule has 124 valence electrons. The molecule has 1 fully saturated rings. The summed E-state index contributed by atoms with van der Waals surface area (Å²) in [6.45, 7) is 7.90. The van der Waals surface area contributed by atoms with Crippen LogP contribution >= 0.6 is 11.3 Å². The Bertz CT molecular complexity index is 630. The zero-order valence-electron chi connectivity index (χ0n) is 13.6. The fraction of sp³-hybridized carbons (Fsp3) is 0.562. The predicted molar refractivity (Wildman–Crippen MR) is 89.2 cm³/mol. The molecule has 0 unspecified atom stereocenters. The van der Waals surface area contributed by atoms with E-state index in [0.717, 1.165) is 31.7 Å². The zero-order valence-corrected chi connectivity index (χ0v) is 14.4. The van der Waals surface area contributed by atoms with E-state index in [-0.39, 0.29) is 5.91 Å². The molecular formula is C16H22N4O2S. The van der Waals surface area contributed by atoms with Crippen LogP contribution in [0.25, 0.3) is 11.4 Å². The van der Waals surface area contributed by atoms with Gasteiger partial charge < -0.3 is 9.42 Å². The van der Waals surface area contributed by atoms with E-state index < -0.39 is 0 Å². The van der Waals surface area contributed by atoms with Gasteiger partial charge in [-0.3, -0.25) is 9.69 Å². The van der Waals surface area contributed by atoms with Crippen LogP contribution in [0, 0.1) is 0 Å². The molecule has 23 heavy (non-hydrogen) atoms. The van der Waals surface area contributed by atoms with Crippen molar-refractivity contribution in [2.75, 3.05) is 26.2 Å².